The Labute approximate surface area is 148 Å². The maximum absolute atomic E-state index is 12.5. The second kappa shape index (κ2) is 8.29. The molecule has 1 aliphatic rings. The highest BCUT2D eigenvalue weighted by Gasteiger charge is 2.27. The largest absolute Gasteiger partial charge is 0.349 e. The van der Waals surface area contributed by atoms with Gasteiger partial charge in [0.1, 0.15) is 0 Å². The summed E-state index contributed by atoms with van der Waals surface area (Å²) in [7, 11) is 0. The van der Waals surface area contributed by atoms with Crippen LogP contribution in [0.25, 0.3) is 0 Å². The van der Waals surface area contributed by atoms with Crippen molar-refractivity contribution in [2.45, 2.75) is 44.6 Å². The summed E-state index contributed by atoms with van der Waals surface area (Å²) in [6, 6.07) is 11.9. The molecule has 3 rings (SSSR count). The van der Waals surface area contributed by atoms with Crippen LogP contribution in [0, 0.1) is 5.92 Å². The summed E-state index contributed by atoms with van der Waals surface area (Å²) in [5.74, 6) is 0.624. The minimum absolute atomic E-state index is 0.0890. The summed E-state index contributed by atoms with van der Waals surface area (Å²) in [5, 5.41) is 3.99. The van der Waals surface area contributed by atoms with E-state index in [1.807, 2.05) is 42.6 Å². The highest BCUT2D eigenvalue weighted by Crippen LogP contribution is 2.36. The van der Waals surface area contributed by atoms with E-state index < -0.39 is 0 Å². The van der Waals surface area contributed by atoms with Crippen molar-refractivity contribution < 1.29 is 4.79 Å². The first-order valence-electron chi connectivity index (χ1n) is 8.66. The molecule has 1 aromatic carbocycles. The molecule has 0 saturated heterocycles. The number of aryl methyl sites for hydroxylation is 1. The zero-order chi connectivity index (χ0) is 16.8. The van der Waals surface area contributed by atoms with Gasteiger partial charge < -0.3 is 5.32 Å². The van der Waals surface area contributed by atoms with Gasteiger partial charge in [-0.1, -0.05) is 42.6 Å². The standard InChI is InChI=1S/C20H23ClN2O/c21-18-10-8-17(9-11-18)20(16-5-1-2-6-16)23-19(24)12-7-15-4-3-13-22-14-15/h3-4,8-11,13-14,16,20H,1-2,5-7,12H2,(H,23,24). The van der Waals surface area contributed by atoms with Gasteiger partial charge in [0.05, 0.1) is 6.04 Å². The van der Waals surface area contributed by atoms with Gasteiger partial charge in [-0.2, -0.15) is 0 Å². The Kier molecular flexibility index (Phi) is 5.86. The fraction of sp³-hybridized carbons (Fsp3) is 0.400. The monoisotopic (exact) mass is 342 g/mol. The maximum atomic E-state index is 12.5. The normalized spacial score (nSPS) is 16.0. The van der Waals surface area contributed by atoms with Crippen molar-refractivity contribution in [3.8, 4) is 0 Å². The molecule has 1 atom stereocenters. The molecular formula is C20H23ClN2O. The van der Waals surface area contributed by atoms with Crippen LogP contribution < -0.4 is 5.32 Å². The Morgan fingerprint density at radius 2 is 1.96 bits per heavy atom. The lowest BCUT2D eigenvalue weighted by molar-refractivity contribution is -0.122. The lowest BCUT2D eigenvalue weighted by atomic mass is 9.91. The third kappa shape index (κ3) is 4.57. The fourth-order valence-electron chi connectivity index (χ4n) is 3.48. The molecule has 24 heavy (non-hydrogen) atoms. The first-order chi connectivity index (χ1) is 11.7. The molecule has 1 heterocycles. The number of halogens is 1. The third-order valence-corrected chi connectivity index (χ3v) is 5.03. The van der Waals surface area contributed by atoms with Crippen molar-refractivity contribution in [2.24, 2.45) is 5.92 Å². The molecule has 0 bridgehead atoms. The summed E-state index contributed by atoms with van der Waals surface area (Å²) >= 11 is 6.01. The first kappa shape index (κ1) is 17.0. The molecule has 0 radical (unpaired) electrons. The van der Waals surface area contributed by atoms with Crippen LogP contribution in [-0.2, 0) is 11.2 Å². The van der Waals surface area contributed by atoms with Crippen LogP contribution in [0.5, 0.6) is 0 Å². The molecule has 1 N–H and O–H groups in total. The minimum atomic E-state index is 0.0890. The third-order valence-electron chi connectivity index (χ3n) is 4.78. The van der Waals surface area contributed by atoms with Crippen LogP contribution in [0.4, 0.5) is 0 Å². The van der Waals surface area contributed by atoms with Crippen LogP contribution in [0.3, 0.4) is 0 Å². The lowest BCUT2D eigenvalue weighted by Crippen LogP contribution is -2.32. The van der Waals surface area contributed by atoms with Crippen LogP contribution in [0.2, 0.25) is 5.02 Å². The van der Waals surface area contributed by atoms with Crippen LogP contribution in [0.1, 0.15) is 49.3 Å². The summed E-state index contributed by atoms with van der Waals surface area (Å²) < 4.78 is 0. The molecule has 0 spiro atoms. The number of nitrogens with zero attached hydrogens (tertiary/aromatic N) is 1. The first-order valence-corrected chi connectivity index (χ1v) is 9.04. The van der Waals surface area contributed by atoms with Gasteiger partial charge in [0.15, 0.2) is 0 Å². The van der Waals surface area contributed by atoms with E-state index in [0.717, 1.165) is 22.6 Å². The van der Waals surface area contributed by atoms with E-state index in [4.69, 9.17) is 11.6 Å². The molecule has 1 fully saturated rings. The molecule has 1 unspecified atom stereocenters. The van der Waals surface area contributed by atoms with E-state index >= 15 is 0 Å². The highest BCUT2D eigenvalue weighted by molar-refractivity contribution is 6.30. The van der Waals surface area contributed by atoms with Gasteiger partial charge in [0, 0.05) is 23.8 Å². The quantitative estimate of drug-likeness (QED) is 0.825. The number of carbonyl (C=O) groups is 1. The van der Waals surface area contributed by atoms with Gasteiger partial charge in [0.25, 0.3) is 0 Å². The lowest BCUT2D eigenvalue weighted by Gasteiger charge is -2.25. The summed E-state index contributed by atoms with van der Waals surface area (Å²) in [5.41, 5.74) is 2.25. The number of aromatic nitrogens is 1. The second-order valence-corrected chi connectivity index (χ2v) is 6.94. The Bertz CT molecular complexity index is 651. The van der Waals surface area contributed by atoms with Gasteiger partial charge in [-0.3, -0.25) is 9.78 Å². The number of benzene rings is 1. The van der Waals surface area contributed by atoms with Crippen molar-refractivity contribution in [3.63, 3.8) is 0 Å². The van der Waals surface area contributed by atoms with Gasteiger partial charge in [-0.05, 0) is 54.5 Å². The van der Waals surface area contributed by atoms with E-state index in [1.54, 1.807) is 6.20 Å². The van der Waals surface area contributed by atoms with E-state index in [-0.39, 0.29) is 11.9 Å². The molecule has 1 aromatic heterocycles. The number of carbonyl (C=O) groups excluding carboxylic acids is 1. The maximum Gasteiger partial charge on any atom is 0.220 e. The minimum Gasteiger partial charge on any atom is -0.349 e. The van der Waals surface area contributed by atoms with Crippen LogP contribution in [-0.4, -0.2) is 10.9 Å². The van der Waals surface area contributed by atoms with Crippen LogP contribution in [0.15, 0.2) is 48.8 Å². The van der Waals surface area contributed by atoms with E-state index in [1.165, 1.54) is 25.7 Å². The van der Waals surface area contributed by atoms with Crippen molar-refractivity contribution >= 4 is 17.5 Å². The smallest absolute Gasteiger partial charge is 0.220 e. The van der Waals surface area contributed by atoms with Crippen molar-refractivity contribution in [3.05, 3.63) is 64.9 Å². The summed E-state index contributed by atoms with van der Waals surface area (Å²) in [4.78, 5) is 16.6. The highest BCUT2D eigenvalue weighted by atomic mass is 35.5. The predicted octanol–water partition coefficient (Wildman–Crippen LogP) is 4.72. The average molecular weight is 343 g/mol. The number of rotatable bonds is 6. The van der Waals surface area contributed by atoms with Gasteiger partial charge >= 0.3 is 0 Å². The zero-order valence-electron chi connectivity index (χ0n) is 13.7. The molecular weight excluding hydrogens is 320 g/mol. The number of hydrogen-bond acceptors (Lipinski definition) is 2. The van der Waals surface area contributed by atoms with Gasteiger partial charge in [-0.15, -0.1) is 0 Å². The van der Waals surface area contributed by atoms with Crippen molar-refractivity contribution in [1.82, 2.24) is 10.3 Å². The van der Waals surface area contributed by atoms with E-state index in [0.29, 0.717) is 12.3 Å². The van der Waals surface area contributed by atoms with Gasteiger partial charge in [-0.25, -0.2) is 0 Å². The molecule has 126 valence electrons. The van der Waals surface area contributed by atoms with Crippen molar-refractivity contribution in [1.29, 1.82) is 0 Å². The van der Waals surface area contributed by atoms with E-state index in [9.17, 15) is 4.79 Å². The van der Waals surface area contributed by atoms with Crippen molar-refractivity contribution in [2.75, 3.05) is 0 Å². The Hall–Kier alpha value is -1.87. The fourth-order valence-corrected chi connectivity index (χ4v) is 3.61. The topological polar surface area (TPSA) is 42.0 Å². The summed E-state index contributed by atoms with van der Waals surface area (Å²) in [6.45, 7) is 0. The molecule has 2 aromatic rings. The molecule has 1 aliphatic carbocycles. The SMILES string of the molecule is O=C(CCc1cccnc1)NC(c1ccc(Cl)cc1)C1CCCC1. The van der Waals surface area contributed by atoms with Crippen LogP contribution >= 0.6 is 11.6 Å². The number of nitrogens with one attached hydrogen (secondary N) is 1. The number of hydrogen-bond donors (Lipinski definition) is 1. The molecule has 1 amide bonds. The Morgan fingerprint density at radius 3 is 2.62 bits per heavy atom. The summed E-state index contributed by atoms with van der Waals surface area (Å²) in [6.07, 6.45) is 9.63. The number of amides is 1. The number of pyridine rings is 1. The zero-order valence-corrected chi connectivity index (χ0v) is 14.5. The molecule has 0 aliphatic heterocycles. The molecule has 3 nitrogen and oxygen atoms in total. The molecule has 1 saturated carbocycles. The van der Waals surface area contributed by atoms with E-state index in [2.05, 4.69) is 10.3 Å². The molecule has 4 heteroatoms. The van der Waals surface area contributed by atoms with Gasteiger partial charge in [0.2, 0.25) is 5.91 Å². The Morgan fingerprint density at radius 1 is 1.21 bits per heavy atom. The average Bonchev–Trinajstić information content (AvgIpc) is 3.14. The second-order valence-electron chi connectivity index (χ2n) is 6.50. The predicted molar refractivity (Wildman–Crippen MR) is 96.9 cm³/mol. The Balaban J connectivity index is 1.64.